The Balaban J connectivity index is 1.89. The normalized spacial score (nSPS) is 11.2. The first-order valence-electron chi connectivity index (χ1n) is 7.69. The van der Waals surface area contributed by atoms with Gasteiger partial charge in [0, 0.05) is 0 Å². The van der Waals surface area contributed by atoms with Crippen LogP contribution < -0.4 is 4.46 Å². The molecule has 4 heteroatoms. The minimum absolute atomic E-state index is 0.0643. The molecular weight excluding hydrogens is 388 g/mol. The Morgan fingerprint density at radius 1 is 0.680 bits per heavy atom. The van der Waals surface area contributed by atoms with Crippen molar-refractivity contribution >= 4 is 25.0 Å². The van der Waals surface area contributed by atoms with Gasteiger partial charge in [0.15, 0.2) is 0 Å². The average molecular weight is 403 g/mol. The van der Waals surface area contributed by atoms with Crippen LogP contribution in [0.4, 0.5) is 13.2 Å². The van der Waals surface area contributed by atoms with Crippen molar-refractivity contribution in [3.63, 3.8) is 0 Å². The first-order chi connectivity index (χ1) is 12.0. The molecule has 0 saturated carbocycles. The summed E-state index contributed by atoms with van der Waals surface area (Å²) < 4.78 is 38.9. The van der Waals surface area contributed by atoms with E-state index in [1.807, 2.05) is 60.7 Å². The van der Waals surface area contributed by atoms with E-state index < -0.39 is 11.7 Å². The van der Waals surface area contributed by atoms with Crippen LogP contribution in [0.2, 0.25) is 0 Å². The molecule has 3 aromatic carbocycles. The van der Waals surface area contributed by atoms with Crippen LogP contribution in [0.3, 0.4) is 0 Å². The van der Waals surface area contributed by atoms with E-state index in [1.54, 1.807) is 12.1 Å². The summed E-state index contributed by atoms with van der Waals surface area (Å²) in [5, 5.41) is 0. The van der Waals surface area contributed by atoms with Crippen molar-refractivity contribution in [2.75, 3.05) is 0 Å². The van der Waals surface area contributed by atoms with Gasteiger partial charge in [-0.1, -0.05) is 0 Å². The van der Waals surface area contributed by atoms with Crippen LogP contribution in [-0.2, 0) is 6.18 Å². The first kappa shape index (κ1) is 17.5. The number of benzene rings is 3. The van der Waals surface area contributed by atoms with Crippen LogP contribution in [0.25, 0.3) is 5.57 Å². The number of alkyl halides is 3. The van der Waals surface area contributed by atoms with Gasteiger partial charge in [-0.2, -0.15) is 0 Å². The van der Waals surface area contributed by atoms with Gasteiger partial charge in [0.05, 0.1) is 0 Å². The standard InChI is InChI=1S/C21H15F3Se/c22-21(23,24)18-11-13-19(14-12-18)25-15-20(16-7-3-1-4-8-16)17-9-5-2-6-10-17/h1-15H. The second-order valence-electron chi connectivity index (χ2n) is 5.40. The zero-order valence-electron chi connectivity index (χ0n) is 13.2. The summed E-state index contributed by atoms with van der Waals surface area (Å²) in [4.78, 5) is 2.13. The van der Waals surface area contributed by atoms with Gasteiger partial charge in [-0.25, -0.2) is 0 Å². The Bertz CT molecular complexity index is 794. The molecule has 25 heavy (non-hydrogen) atoms. The third-order valence-electron chi connectivity index (χ3n) is 3.66. The topological polar surface area (TPSA) is 0 Å². The molecule has 0 unspecified atom stereocenters. The summed E-state index contributed by atoms with van der Waals surface area (Å²) in [6, 6.07) is 25.5. The Morgan fingerprint density at radius 2 is 1.16 bits per heavy atom. The molecule has 0 aliphatic heterocycles. The fraction of sp³-hybridized carbons (Fsp3) is 0.0476. The van der Waals surface area contributed by atoms with Crippen LogP contribution in [0.1, 0.15) is 16.7 Å². The molecule has 126 valence electrons. The molecule has 0 spiro atoms. The third-order valence-corrected chi connectivity index (χ3v) is 5.55. The van der Waals surface area contributed by atoms with Crippen LogP contribution in [-0.4, -0.2) is 15.0 Å². The molecule has 0 bridgehead atoms. The molecule has 0 aromatic heterocycles. The summed E-state index contributed by atoms with van der Waals surface area (Å²) in [6.45, 7) is 0. The monoisotopic (exact) mass is 404 g/mol. The van der Waals surface area contributed by atoms with Crippen LogP contribution in [0, 0.1) is 0 Å². The molecule has 0 saturated heterocycles. The molecule has 0 N–H and O–H groups in total. The average Bonchev–Trinajstić information content (AvgIpc) is 2.63. The van der Waals surface area contributed by atoms with E-state index in [0.29, 0.717) is 0 Å². The maximum absolute atomic E-state index is 12.7. The molecule has 0 atom stereocenters. The molecular formula is C21H15F3Se. The van der Waals surface area contributed by atoms with Crippen LogP contribution >= 0.6 is 0 Å². The van der Waals surface area contributed by atoms with E-state index >= 15 is 0 Å². The Hall–Kier alpha value is -2.29. The second kappa shape index (κ2) is 7.73. The van der Waals surface area contributed by atoms with Crippen molar-refractivity contribution in [2.24, 2.45) is 0 Å². The summed E-state index contributed by atoms with van der Waals surface area (Å²) in [6.07, 6.45) is -4.29. The molecule has 3 rings (SSSR count). The second-order valence-corrected chi connectivity index (χ2v) is 7.38. The molecule has 0 aliphatic rings. The summed E-state index contributed by atoms with van der Waals surface area (Å²) >= 11 is -0.0643. The van der Waals surface area contributed by atoms with E-state index in [0.717, 1.165) is 33.3 Å². The van der Waals surface area contributed by atoms with Gasteiger partial charge in [0.25, 0.3) is 0 Å². The van der Waals surface area contributed by atoms with Crippen LogP contribution in [0.5, 0.6) is 0 Å². The van der Waals surface area contributed by atoms with Crippen molar-refractivity contribution < 1.29 is 13.2 Å². The van der Waals surface area contributed by atoms with Gasteiger partial charge >= 0.3 is 151 Å². The number of halogens is 3. The zero-order chi connectivity index (χ0) is 17.7. The summed E-state index contributed by atoms with van der Waals surface area (Å²) in [5.41, 5.74) is 2.69. The molecule has 0 radical (unpaired) electrons. The molecule has 3 aromatic rings. The van der Waals surface area contributed by atoms with E-state index in [1.165, 1.54) is 0 Å². The van der Waals surface area contributed by atoms with Crippen molar-refractivity contribution in [1.82, 2.24) is 0 Å². The summed E-state index contributed by atoms with van der Waals surface area (Å²) in [7, 11) is 0. The molecule has 0 fully saturated rings. The molecule has 0 nitrogen and oxygen atoms in total. The fourth-order valence-electron chi connectivity index (χ4n) is 2.39. The number of hydrogen-bond acceptors (Lipinski definition) is 0. The van der Waals surface area contributed by atoms with Crippen molar-refractivity contribution in [2.45, 2.75) is 6.18 Å². The van der Waals surface area contributed by atoms with Gasteiger partial charge in [0.1, 0.15) is 0 Å². The Kier molecular flexibility index (Phi) is 5.42. The van der Waals surface area contributed by atoms with Gasteiger partial charge in [-0.3, -0.25) is 0 Å². The molecule has 0 heterocycles. The predicted molar refractivity (Wildman–Crippen MR) is 96.8 cm³/mol. The van der Waals surface area contributed by atoms with Gasteiger partial charge in [-0.15, -0.1) is 0 Å². The third kappa shape index (κ3) is 4.62. The Labute approximate surface area is 151 Å². The SMILES string of the molecule is FC(F)(F)c1ccc([Se]C=C(c2ccccc2)c2ccccc2)cc1. The zero-order valence-corrected chi connectivity index (χ0v) is 14.9. The fourth-order valence-corrected chi connectivity index (χ4v) is 4.11. The van der Waals surface area contributed by atoms with E-state index in [4.69, 9.17) is 0 Å². The van der Waals surface area contributed by atoms with E-state index in [9.17, 15) is 13.2 Å². The Morgan fingerprint density at radius 3 is 1.60 bits per heavy atom. The van der Waals surface area contributed by atoms with Crippen LogP contribution in [0.15, 0.2) is 89.9 Å². The first-order valence-corrected chi connectivity index (χ1v) is 9.53. The van der Waals surface area contributed by atoms with E-state index in [-0.39, 0.29) is 15.0 Å². The summed E-state index contributed by atoms with van der Waals surface area (Å²) in [5.74, 6) is 0. The number of hydrogen-bond donors (Lipinski definition) is 0. The quantitative estimate of drug-likeness (QED) is 0.531. The number of rotatable bonds is 4. The predicted octanol–water partition coefficient (Wildman–Crippen LogP) is 5.12. The van der Waals surface area contributed by atoms with Gasteiger partial charge in [-0.05, 0) is 0 Å². The van der Waals surface area contributed by atoms with Crippen molar-refractivity contribution in [3.05, 3.63) is 107 Å². The van der Waals surface area contributed by atoms with E-state index in [2.05, 4.69) is 4.97 Å². The molecule has 0 amide bonds. The van der Waals surface area contributed by atoms with Gasteiger partial charge in [0.2, 0.25) is 0 Å². The minimum atomic E-state index is -4.29. The maximum atomic E-state index is 12.7. The van der Waals surface area contributed by atoms with Crippen molar-refractivity contribution in [1.29, 1.82) is 0 Å². The van der Waals surface area contributed by atoms with Crippen molar-refractivity contribution in [3.8, 4) is 0 Å². The van der Waals surface area contributed by atoms with Gasteiger partial charge < -0.3 is 0 Å². The molecule has 0 aliphatic carbocycles.